The van der Waals surface area contributed by atoms with Crippen LogP contribution in [-0.2, 0) is 0 Å². The van der Waals surface area contributed by atoms with Crippen molar-refractivity contribution < 1.29 is 0 Å². The molecule has 0 atom stereocenters. The summed E-state index contributed by atoms with van der Waals surface area (Å²) in [5, 5.41) is 8.83. The fourth-order valence-electron chi connectivity index (χ4n) is 3.32. The Morgan fingerprint density at radius 2 is 1.12 bits per heavy atom. The summed E-state index contributed by atoms with van der Waals surface area (Å²) in [7, 11) is 0. The second-order valence-corrected chi connectivity index (χ2v) is 8.89. The second-order valence-electron chi connectivity index (χ2n) is 8.89. The van der Waals surface area contributed by atoms with Gasteiger partial charge in [-0.25, -0.2) is 9.97 Å². The Morgan fingerprint density at radius 3 is 1.62 bits per heavy atom. The summed E-state index contributed by atoms with van der Waals surface area (Å²) < 4.78 is 0. The average Bonchev–Trinajstić information content (AvgIpc) is 2.73. The molecule has 6 nitrogen and oxygen atoms in total. The van der Waals surface area contributed by atoms with Gasteiger partial charge in [0.15, 0.2) is 0 Å². The molecule has 4 aromatic rings. The van der Waals surface area contributed by atoms with Crippen LogP contribution in [0, 0.1) is 6.92 Å². The molecule has 32 heavy (non-hydrogen) atoms. The number of aryl methyl sites for hydroxylation is 1. The molecule has 4 heterocycles. The van der Waals surface area contributed by atoms with Gasteiger partial charge in [-0.1, -0.05) is 13.8 Å². The lowest BCUT2D eigenvalue weighted by Gasteiger charge is -2.12. The Morgan fingerprint density at radius 1 is 0.625 bits per heavy atom. The molecule has 0 saturated carbocycles. The lowest BCUT2D eigenvalue weighted by Crippen LogP contribution is -2.11. The minimum Gasteiger partial charge on any atom is -0.367 e. The van der Waals surface area contributed by atoms with E-state index >= 15 is 0 Å². The highest BCUT2D eigenvalue weighted by molar-refractivity contribution is 5.89. The van der Waals surface area contributed by atoms with Gasteiger partial charge < -0.3 is 10.6 Å². The molecule has 6 heteroatoms. The Bertz CT molecular complexity index is 1180. The van der Waals surface area contributed by atoms with Crippen LogP contribution < -0.4 is 10.6 Å². The number of fused-ring (bicyclic) bond motifs is 2. The molecule has 0 saturated heterocycles. The largest absolute Gasteiger partial charge is 0.367 e. The minimum atomic E-state index is 0.373. The number of hydrogen-bond donors (Lipinski definition) is 2. The lowest BCUT2D eigenvalue weighted by molar-refractivity contribution is 0.829. The monoisotopic (exact) mass is 430 g/mol. The standard InChI is InChI=1S/C14H19N3.C12H15N3/c1-9(2)12-6-5-11-13(17-12)7-8-15-14(11)16-10(3)4;1-8(2)14-12-10-5-4-9(3)15-11(10)6-7-13-12/h5-10H,1-4H3,(H,15,16);4-8H,1-3H3,(H,13,14). The molecule has 0 spiro atoms. The number of anilines is 2. The summed E-state index contributed by atoms with van der Waals surface area (Å²) in [6.07, 6.45) is 3.60. The molecule has 4 aromatic heterocycles. The number of hydrogen-bond acceptors (Lipinski definition) is 6. The van der Waals surface area contributed by atoms with Crippen LogP contribution in [0.3, 0.4) is 0 Å². The topological polar surface area (TPSA) is 75.6 Å². The molecule has 0 bridgehead atoms. The van der Waals surface area contributed by atoms with Crippen molar-refractivity contribution in [3.63, 3.8) is 0 Å². The fourth-order valence-corrected chi connectivity index (χ4v) is 3.32. The summed E-state index contributed by atoms with van der Waals surface area (Å²) in [6, 6.07) is 12.9. The molecule has 168 valence electrons. The number of nitrogens with one attached hydrogen (secondary N) is 2. The first-order valence-electron chi connectivity index (χ1n) is 11.3. The van der Waals surface area contributed by atoms with Crippen LogP contribution in [0.1, 0.15) is 58.8 Å². The minimum absolute atomic E-state index is 0.373. The summed E-state index contributed by atoms with van der Waals surface area (Å²) >= 11 is 0. The SMILES string of the molecule is CC(C)Nc1nccc2nc(C(C)C)ccc12.Cc1ccc2c(NC(C)C)nccc2n1. The van der Waals surface area contributed by atoms with E-state index in [2.05, 4.69) is 90.3 Å². The van der Waals surface area contributed by atoms with Crippen molar-refractivity contribution in [1.29, 1.82) is 0 Å². The summed E-state index contributed by atoms with van der Waals surface area (Å²) in [4.78, 5) is 17.8. The van der Waals surface area contributed by atoms with Gasteiger partial charge >= 0.3 is 0 Å². The molecule has 0 aliphatic heterocycles. The molecule has 2 N–H and O–H groups in total. The van der Waals surface area contributed by atoms with Crippen LogP contribution in [0.4, 0.5) is 11.6 Å². The first kappa shape index (κ1) is 23.4. The quantitative estimate of drug-likeness (QED) is 0.385. The van der Waals surface area contributed by atoms with Crippen molar-refractivity contribution in [2.75, 3.05) is 10.6 Å². The van der Waals surface area contributed by atoms with E-state index in [1.807, 2.05) is 31.3 Å². The Balaban J connectivity index is 0.000000182. The van der Waals surface area contributed by atoms with Gasteiger partial charge in [-0.15, -0.1) is 0 Å². The molecule has 0 aliphatic rings. The van der Waals surface area contributed by atoms with E-state index < -0.39 is 0 Å². The zero-order valence-electron chi connectivity index (χ0n) is 20.1. The molecule has 0 aromatic carbocycles. The highest BCUT2D eigenvalue weighted by Crippen LogP contribution is 2.23. The first-order valence-corrected chi connectivity index (χ1v) is 11.3. The Labute approximate surface area is 190 Å². The number of nitrogens with zero attached hydrogens (tertiary/aromatic N) is 4. The van der Waals surface area contributed by atoms with Gasteiger partial charge in [0.2, 0.25) is 0 Å². The Kier molecular flexibility index (Phi) is 7.57. The van der Waals surface area contributed by atoms with Crippen molar-refractivity contribution in [2.45, 2.75) is 66.5 Å². The predicted molar refractivity (Wildman–Crippen MR) is 135 cm³/mol. The zero-order chi connectivity index (χ0) is 23.3. The van der Waals surface area contributed by atoms with E-state index in [0.29, 0.717) is 18.0 Å². The lowest BCUT2D eigenvalue weighted by atomic mass is 10.1. The van der Waals surface area contributed by atoms with Gasteiger partial charge in [-0.2, -0.15) is 0 Å². The molecular weight excluding hydrogens is 396 g/mol. The highest BCUT2D eigenvalue weighted by atomic mass is 15.0. The maximum atomic E-state index is 4.66. The number of rotatable bonds is 5. The van der Waals surface area contributed by atoms with Gasteiger partial charge in [0.25, 0.3) is 0 Å². The fraction of sp³-hybridized carbons (Fsp3) is 0.385. The van der Waals surface area contributed by atoms with E-state index in [4.69, 9.17) is 0 Å². The maximum absolute atomic E-state index is 4.66. The smallest absolute Gasteiger partial charge is 0.135 e. The van der Waals surface area contributed by atoms with Gasteiger partial charge in [0, 0.05) is 46.6 Å². The van der Waals surface area contributed by atoms with Gasteiger partial charge in [-0.05, 0) is 76.9 Å². The molecule has 0 radical (unpaired) electrons. The van der Waals surface area contributed by atoms with E-state index in [1.54, 1.807) is 6.20 Å². The molecular formula is C26H34N6. The van der Waals surface area contributed by atoms with Gasteiger partial charge in [0.1, 0.15) is 11.6 Å². The third-order valence-electron chi connectivity index (χ3n) is 4.83. The van der Waals surface area contributed by atoms with E-state index in [9.17, 15) is 0 Å². The van der Waals surface area contributed by atoms with Crippen LogP contribution >= 0.6 is 0 Å². The zero-order valence-corrected chi connectivity index (χ0v) is 20.1. The van der Waals surface area contributed by atoms with Crippen LogP contribution in [-0.4, -0.2) is 32.0 Å². The van der Waals surface area contributed by atoms with Crippen LogP contribution in [0.15, 0.2) is 48.8 Å². The molecule has 0 amide bonds. The normalized spacial score (nSPS) is 11.2. The van der Waals surface area contributed by atoms with Crippen molar-refractivity contribution in [3.05, 3.63) is 60.2 Å². The molecule has 4 rings (SSSR count). The van der Waals surface area contributed by atoms with Crippen molar-refractivity contribution in [3.8, 4) is 0 Å². The summed E-state index contributed by atoms with van der Waals surface area (Å²) in [5.41, 5.74) is 4.16. The molecule has 0 fully saturated rings. The van der Waals surface area contributed by atoms with Crippen molar-refractivity contribution in [2.24, 2.45) is 0 Å². The van der Waals surface area contributed by atoms with Crippen molar-refractivity contribution in [1.82, 2.24) is 19.9 Å². The van der Waals surface area contributed by atoms with E-state index in [0.717, 1.165) is 44.8 Å². The third-order valence-corrected chi connectivity index (χ3v) is 4.83. The second kappa shape index (κ2) is 10.4. The highest BCUT2D eigenvalue weighted by Gasteiger charge is 2.07. The van der Waals surface area contributed by atoms with E-state index in [-0.39, 0.29) is 0 Å². The first-order chi connectivity index (χ1) is 15.2. The van der Waals surface area contributed by atoms with Gasteiger partial charge in [-0.3, -0.25) is 9.97 Å². The Hall–Kier alpha value is -3.28. The van der Waals surface area contributed by atoms with Crippen LogP contribution in [0.2, 0.25) is 0 Å². The van der Waals surface area contributed by atoms with Crippen LogP contribution in [0.5, 0.6) is 0 Å². The average molecular weight is 431 g/mol. The van der Waals surface area contributed by atoms with Crippen molar-refractivity contribution >= 4 is 33.4 Å². The third kappa shape index (κ3) is 5.90. The number of aromatic nitrogens is 4. The number of pyridine rings is 4. The predicted octanol–water partition coefficient (Wildman–Crippen LogP) is 6.33. The van der Waals surface area contributed by atoms with E-state index in [1.165, 1.54) is 0 Å². The maximum Gasteiger partial charge on any atom is 0.135 e. The molecule has 0 aliphatic carbocycles. The summed E-state index contributed by atoms with van der Waals surface area (Å²) in [5.74, 6) is 2.28. The molecule has 0 unspecified atom stereocenters. The van der Waals surface area contributed by atoms with Gasteiger partial charge in [0.05, 0.1) is 11.0 Å². The summed E-state index contributed by atoms with van der Waals surface area (Å²) in [6.45, 7) is 14.7. The van der Waals surface area contributed by atoms with Crippen LogP contribution in [0.25, 0.3) is 21.8 Å².